The van der Waals surface area contributed by atoms with Crippen molar-refractivity contribution >= 4 is 27.5 Å². The fourth-order valence-electron chi connectivity index (χ4n) is 3.61. The van der Waals surface area contributed by atoms with E-state index in [0.29, 0.717) is 17.9 Å². The fraction of sp³-hybridized carbons (Fsp3) is 0.462. The topological polar surface area (TPSA) is 96.0 Å². The lowest BCUT2D eigenvalue weighted by Crippen LogP contribution is -2.49. The summed E-state index contributed by atoms with van der Waals surface area (Å²) >= 11 is 0. The smallest absolute Gasteiger partial charge is 0.242 e. The Morgan fingerprint density at radius 1 is 1.06 bits per heavy atom. The van der Waals surface area contributed by atoms with E-state index in [0.717, 1.165) is 18.2 Å². The second-order valence-electron chi connectivity index (χ2n) is 8.64. The third-order valence-corrected chi connectivity index (χ3v) is 7.05. The predicted octanol–water partition coefficient (Wildman–Crippen LogP) is 3.57. The van der Waals surface area contributed by atoms with Crippen molar-refractivity contribution < 1.29 is 22.7 Å². The first-order valence-corrected chi connectivity index (χ1v) is 13.7. The van der Waals surface area contributed by atoms with E-state index in [-0.39, 0.29) is 37.4 Å². The molecule has 9 heteroatoms. The van der Waals surface area contributed by atoms with Crippen molar-refractivity contribution in [2.75, 3.05) is 24.2 Å². The molecule has 0 saturated heterocycles. The van der Waals surface area contributed by atoms with Gasteiger partial charge in [-0.2, -0.15) is 0 Å². The molecule has 0 aliphatic carbocycles. The Labute approximate surface area is 209 Å². The third-order valence-electron chi connectivity index (χ3n) is 5.85. The molecule has 0 radical (unpaired) electrons. The summed E-state index contributed by atoms with van der Waals surface area (Å²) in [5.41, 5.74) is 1.39. The summed E-state index contributed by atoms with van der Waals surface area (Å²) < 4.78 is 31.3. The van der Waals surface area contributed by atoms with Crippen LogP contribution < -0.4 is 14.4 Å². The highest BCUT2D eigenvalue weighted by molar-refractivity contribution is 7.92. The number of benzene rings is 2. The molecule has 2 aromatic rings. The van der Waals surface area contributed by atoms with Crippen molar-refractivity contribution in [1.82, 2.24) is 10.2 Å². The lowest BCUT2D eigenvalue weighted by atomic mass is 10.1. The molecule has 192 valence electrons. The average molecular weight is 504 g/mol. The van der Waals surface area contributed by atoms with Crippen LogP contribution in [0.4, 0.5) is 5.69 Å². The van der Waals surface area contributed by atoms with Gasteiger partial charge >= 0.3 is 0 Å². The van der Waals surface area contributed by atoms with Crippen molar-refractivity contribution in [3.8, 4) is 5.75 Å². The van der Waals surface area contributed by atoms with Gasteiger partial charge in [0.15, 0.2) is 0 Å². The largest absolute Gasteiger partial charge is 0.497 e. The normalized spacial score (nSPS) is 12.9. The number of methoxy groups -OCH3 is 1. The number of sulfonamides is 1. The molecule has 2 atom stereocenters. The standard InChI is InChI=1S/C26H37N3O5S/c1-6-20(2)27-26(31)21(3)28(19-22-12-10-15-24(18-22)34-4)25(30)16-11-17-29(35(5,32)33)23-13-8-7-9-14-23/h7-10,12-15,18,20-21H,6,11,16-17,19H2,1-5H3,(H,27,31)/t20-,21-/m1/s1. The van der Waals surface area contributed by atoms with E-state index in [1.807, 2.05) is 44.2 Å². The monoisotopic (exact) mass is 503 g/mol. The van der Waals surface area contributed by atoms with E-state index in [9.17, 15) is 18.0 Å². The zero-order chi connectivity index (χ0) is 26.0. The van der Waals surface area contributed by atoms with Gasteiger partial charge in [-0.25, -0.2) is 8.42 Å². The maximum absolute atomic E-state index is 13.3. The van der Waals surface area contributed by atoms with Crippen molar-refractivity contribution in [2.45, 2.75) is 58.7 Å². The molecule has 0 aliphatic heterocycles. The second kappa shape index (κ2) is 13.1. The van der Waals surface area contributed by atoms with Crippen LogP contribution in [0.2, 0.25) is 0 Å². The summed E-state index contributed by atoms with van der Waals surface area (Å²) in [6.45, 7) is 6.01. The van der Waals surface area contributed by atoms with Gasteiger partial charge in [-0.15, -0.1) is 0 Å². The lowest BCUT2D eigenvalue weighted by Gasteiger charge is -2.30. The molecule has 0 unspecified atom stereocenters. The van der Waals surface area contributed by atoms with E-state index < -0.39 is 16.1 Å². The number of nitrogens with one attached hydrogen (secondary N) is 1. The molecule has 8 nitrogen and oxygen atoms in total. The number of amides is 2. The molecule has 0 spiro atoms. The molecule has 2 rings (SSSR count). The summed E-state index contributed by atoms with van der Waals surface area (Å²) in [6.07, 6.45) is 2.35. The molecule has 0 aromatic heterocycles. The summed E-state index contributed by atoms with van der Waals surface area (Å²) in [5.74, 6) is 0.219. The predicted molar refractivity (Wildman–Crippen MR) is 139 cm³/mol. The minimum atomic E-state index is -3.51. The summed E-state index contributed by atoms with van der Waals surface area (Å²) in [7, 11) is -1.93. The van der Waals surface area contributed by atoms with Gasteiger partial charge in [0, 0.05) is 25.6 Å². The number of hydrogen-bond acceptors (Lipinski definition) is 5. The minimum absolute atomic E-state index is 0.00656. The Hall–Kier alpha value is -3.07. The molecule has 0 bridgehead atoms. The van der Waals surface area contributed by atoms with Crippen molar-refractivity contribution in [3.05, 3.63) is 60.2 Å². The summed E-state index contributed by atoms with van der Waals surface area (Å²) in [5, 5.41) is 2.94. The molecule has 0 heterocycles. The highest BCUT2D eigenvalue weighted by Crippen LogP contribution is 2.20. The molecular formula is C26H37N3O5S. The van der Waals surface area contributed by atoms with Crippen molar-refractivity contribution in [2.24, 2.45) is 0 Å². The highest BCUT2D eigenvalue weighted by atomic mass is 32.2. The van der Waals surface area contributed by atoms with Crippen molar-refractivity contribution in [3.63, 3.8) is 0 Å². The molecule has 0 aliphatic rings. The highest BCUT2D eigenvalue weighted by Gasteiger charge is 2.27. The SMILES string of the molecule is CC[C@@H](C)NC(=O)[C@@H](C)N(Cc1cccc(OC)c1)C(=O)CCCN(c1ccccc1)S(C)(=O)=O. The first kappa shape index (κ1) is 28.2. The summed E-state index contributed by atoms with van der Waals surface area (Å²) in [6, 6.07) is 15.5. The number of ether oxygens (including phenoxy) is 1. The number of hydrogen-bond donors (Lipinski definition) is 1. The van der Waals surface area contributed by atoms with Crippen molar-refractivity contribution in [1.29, 1.82) is 0 Å². The quantitative estimate of drug-likeness (QED) is 0.451. The maximum atomic E-state index is 13.3. The van der Waals surface area contributed by atoms with Crippen LogP contribution >= 0.6 is 0 Å². The zero-order valence-corrected chi connectivity index (χ0v) is 22.0. The van der Waals surface area contributed by atoms with Gasteiger partial charge in [0.2, 0.25) is 21.8 Å². The Kier molecular flexibility index (Phi) is 10.6. The second-order valence-corrected chi connectivity index (χ2v) is 10.5. The molecule has 2 aromatic carbocycles. The molecule has 35 heavy (non-hydrogen) atoms. The van der Waals surface area contributed by atoms with Gasteiger partial charge in [-0.05, 0) is 56.5 Å². The number of nitrogens with zero attached hydrogens (tertiary/aromatic N) is 2. The first-order chi connectivity index (χ1) is 16.6. The van der Waals surface area contributed by atoms with E-state index in [1.165, 1.54) is 4.31 Å². The number of carbonyl (C=O) groups excluding carboxylic acids is 2. The van der Waals surface area contributed by atoms with Crippen LogP contribution in [-0.4, -0.2) is 57.1 Å². The average Bonchev–Trinajstić information content (AvgIpc) is 2.84. The van der Waals surface area contributed by atoms with E-state index in [2.05, 4.69) is 5.32 Å². The minimum Gasteiger partial charge on any atom is -0.497 e. The molecule has 0 saturated carbocycles. The molecular weight excluding hydrogens is 466 g/mol. The molecule has 0 fully saturated rings. The van der Waals surface area contributed by atoms with Crippen LogP contribution in [0.1, 0.15) is 45.6 Å². The molecule has 1 N–H and O–H groups in total. The van der Waals surface area contributed by atoms with Crippen LogP contribution in [0, 0.1) is 0 Å². The van der Waals surface area contributed by atoms with Crippen LogP contribution in [0.3, 0.4) is 0 Å². The van der Waals surface area contributed by atoms with Crippen LogP contribution in [0.25, 0.3) is 0 Å². The Morgan fingerprint density at radius 2 is 1.74 bits per heavy atom. The Balaban J connectivity index is 2.17. The lowest BCUT2D eigenvalue weighted by molar-refractivity contribution is -0.140. The van der Waals surface area contributed by atoms with Gasteiger partial charge < -0.3 is 15.0 Å². The fourth-order valence-corrected chi connectivity index (χ4v) is 4.58. The third kappa shape index (κ3) is 8.58. The molecule has 2 amide bonds. The van der Waals surface area contributed by atoms with E-state index in [1.54, 1.807) is 43.2 Å². The summed E-state index contributed by atoms with van der Waals surface area (Å²) in [4.78, 5) is 27.7. The van der Waals surface area contributed by atoms with Gasteiger partial charge in [0.1, 0.15) is 11.8 Å². The number of anilines is 1. The van der Waals surface area contributed by atoms with Crippen LogP contribution in [0.5, 0.6) is 5.75 Å². The Bertz CT molecular complexity index is 1080. The van der Waals surface area contributed by atoms with Gasteiger partial charge in [-0.3, -0.25) is 13.9 Å². The number of carbonyl (C=O) groups is 2. The van der Waals surface area contributed by atoms with Gasteiger partial charge in [0.25, 0.3) is 0 Å². The number of para-hydroxylation sites is 1. The van der Waals surface area contributed by atoms with Gasteiger partial charge in [0.05, 0.1) is 19.1 Å². The first-order valence-electron chi connectivity index (χ1n) is 11.8. The van der Waals surface area contributed by atoms with Crippen LogP contribution in [0.15, 0.2) is 54.6 Å². The van der Waals surface area contributed by atoms with Gasteiger partial charge in [-0.1, -0.05) is 37.3 Å². The number of rotatable bonds is 13. The Morgan fingerprint density at radius 3 is 2.34 bits per heavy atom. The zero-order valence-electron chi connectivity index (χ0n) is 21.2. The van der Waals surface area contributed by atoms with E-state index in [4.69, 9.17) is 4.74 Å². The van der Waals surface area contributed by atoms with Crippen LogP contribution in [-0.2, 0) is 26.2 Å². The van der Waals surface area contributed by atoms with E-state index >= 15 is 0 Å². The maximum Gasteiger partial charge on any atom is 0.242 e.